The SMILES string of the molecule is Cl.Cl.Cl.NCCN1CCN(CCc2ccccc2)CC1. The molecule has 0 amide bonds. The molecule has 3 nitrogen and oxygen atoms in total. The van der Waals surface area contributed by atoms with Crippen LogP contribution >= 0.6 is 37.2 Å². The number of benzene rings is 1. The van der Waals surface area contributed by atoms with E-state index in [0.29, 0.717) is 0 Å². The number of hydrogen-bond donors (Lipinski definition) is 1. The summed E-state index contributed by atoms with van der Waals surface area (Å²) < 4.78 is 0. The van der Waals surface area contributed by atoms with Crippen LogP contribution < -0.4 is 5.73 Å². The Labute approximate surface area is 141 Å². The first-order chi connectivity index (χ1) is 8.38. The van der Waals surface area contributed by atoms with Crippen molar-refractivity contribution in [3.8, 4) is 0 Å². The fourth-order valence-corrected chi connectivity index (χ4v) is 2.35. The van der Waals surface area contributed by atoms with Crippen molar-refractivity contribution in [2.75, 3.05) is 45.8 Å². The molecule has 1 fully saturated rings. The lowest BCUT2D eigenvalue weighted by Crippen LogP contribution is -2.48. The number of nitrogens with zero attached hydrogens (tertiary/aromatic N) is 2. The molecule has 0 spiro atoms. The van der Waals surface area contributed by atoms with E-state index >= 15 is 0 Å². The summed E-state index contributed by atoms with van der Waals surface area (Å²) in [6.45, 7) is 7.73. The summed E-state index contributed by atoms with van der Waals surface area (Å²) in [4.78, 5) is 5.01. The van der Waals surface area contributed by atoms with Crippen molar-refractivity contribution in [2.45, 2.75) is 6.42 Å². The first kappa shape index (κ1) is 22.3. The van der Waals surface area contributed by atoms with Gasteiger partial charge in [-0.3, -0.25) is 4.90 Å². The van der Waals surface area contributed by atoms with Crippen molar-refractivity contribution in [1.82, 2.24) is 9.80 Å². The summed E-state index contributed by atoms with van der Waals surface area (Å²) in [5, 5.41) is 0. The second kappa shape index (κ2) is 12.7. The van der Waals surface area contributed by atoms with Gasteiger partial charge in [-0.05, 0) is 12.0 Å². The van der Waals surface area contributed by atoms with E-state index in [-0.39, 0.29) is 37.2 Å². The van der Waals surface area contributed by atoms with E-state index in [1.165, 1.54) is 38.3 Å². The van der Waals surface area contributed by atoms with Crippen LogP contribution in [0.25, 0.3) is 0 Å². The Hall–Kier alpha value is -0.0300. The first-order valence-corrected chi connectivity index (χ1v) is 6.57. The van der Waals surface area contributed by atoms with E-state index in [1.54, 1.807) is 0 Å². The van der Waals surface area contributed by atoms with Crippen LogP contribution in [0.15, 0.2) is 30.3 Å². The standard InChI is InChI=1S/C14H23N3.3ClH/c15-7-9-17-12-10-16(11-13-17)8-6-14-4-2-1-3-5-14;;;/h1-5H,6-13,15H2;3*1H. The normalized spacial score (nSPS) is 15.7. The minimum Gasteiger partial charge on any atom is -0.329 e. The van der Waals surface area contributed by atoms with Gasteiger partial charge >= 0.3 is 0 Å². The molecular formula is C14H26Cl3N3. The van der Waals surface area contributed by atoms with Crippen LogP contribution in [0.4, 0.5) is 0 Å². The van der Waals surface area contributed by atoms with Crippen molar-refractivity contribution >= 4 is 37.2 Å². The molecule has 1 saturated heterocycles. The van der Waals surface area contributed by atoms with Gasteiger partial charge in [0.05, 0.1) is 0 Å². The Morgan fingerprint density at radius 2 is 1.30 bits per heavy atom. The number of nitrogens with two attached hydrogens (primary N) is 1. The molecule has 0 bridgehead atoms. The highest BCUT2D eigenvalue weighted by Crippen LogP contribution is 2.04. The first-order valence-electron chi connectivity index (χ1n) is 6.57. The average molecular weight is 343 g/mol. The molecule has 1 aliphatic rings. The van der Waals surface area contributed by atoms with Gasteiger partial charge in [-0.1, -0.05) is 30.3 Å². The molecule has 0 atom stereocenters. The van der Waals surface area contributed by atoms with Crippen molar-refractivity contribution in [3.05, 3.63) is 35.9 Å². The third-order valence-electron chi connectivity index (χ3n) is 3.47. The Balaban J connectivity index is 0. The molecule has 20 heavy (non-hydrogen) atoms. The highest BCUT2D eigenvalue weighted by molar-refractivity contribution is 5.86. The molecule has 1 aromatic rings. The van der Waals surface area contributed by atoms with E-state index in [4.69, 9.17) is 5.73 Å². The highest BCUT2D eigenvalue weighted by atomic mass is 35.5. The molecule has 0 aromatic heterocycles. The fourth-order valence-electron chi connectivity index (χ4n) is 2.35. The van der Waals surface area contributed by atoms with Crippen LogP contribution in [-0.2, 0) is 6.42 Å². The summed E-state index contributed by atoms with van der Waals surface area (Å²) in [5.41, 5.74) is 7.01. The number of piperazine rings is 1. The second-order valence-electron chi connectivity index (χ2n) is 4.71. The maximum absolute atomic E-state index is 5.57. The van der Waals surface area contributed by atoms with Crippen molar-refractivity contribution in [1.29, 1.82) is 0 Å². The van der Waals surface area contributed by atoms with Gasteiger partial charge in [0, 0.05) is 45.8 Å². The topological polar surface area (TPSA) is 32.5 Å². The van der Waals surface area contributed by atoms with E-state index in [0.717, 1.165) is 19.5 Å². The van der Waals surface area contributed by atoms with E-state index < -0.39 is 0 Å². The largest absolute Gasteiger partial charge is 0.329 e. The van der Waals surface area contributed by atoms with Crippen LogP contribution in [0.3, 0.4) is 0 Å². The maximum atomic E-state index is 5.57. The molecule has 118 valence electrons. The molecule has 2 N–H and O–H groups in total. The third-order valence-corrected chi connectivity index (χ3v) is 3.47. The van der Waals surface area contributed by atoms with Gasteiger partial charge in [0.25, 0.3) is 0 Å². The minimum atomic E-state index is 0. The predicted molar refractivity (Wildman–Crippen MR) is 93.8 cm³/mol. The van der Waals surface area contributed by atoms with Crippen LogP contribution in [-0.4, -0.2) is 55.6 Å². The highest BCUT2D eigenvalue weighted by Gasteiger charge is 2.15. The zero-order chi connectivity index (χ0) is 11.9. The van der Waals surface area contributed by atoms with Gasteiger partial charge in [-0.25, -0.2) is 0 Å². The lowest BCUT2D eigenvalue weighted by molar-refractivity contribution is 0.136. The molecule has 6 heteroatoms. The van der Waals surface area contributed by atoms with Gasteiger partial charge in [-0.15, -0.1) is 37.2 Å². The minimum absolute atomic E-state index is 0. The summed E-state index contributed by atoms with van der Waals surface area (Å²) in [7, 11) is 0. The van der Waals surface area contributed by atoms with Crippen molar-refractivity contribution in [2.24, 2.45) is 5.73 Å². The van der Waals surface area contributed by atoms with E-state index in [1.807, 2.05) is 0 Å². The molecule has 1 aromatic carbocycles. The van der Waals surface area contributed by atoms with E-state index in [9.17, 15) is 0 Å². The number of halogens is 3. The van der Waals surface area contributed by atoms with Crippen molar-refractivity contribution < 1.29 is 0 Å². The number of rotatable bonds is 5. The molecule has 0 unspecified atom stereocenters. The Morgan fingerprint density at radius 3 is 1.80 bits per heavy atom. The smallest absolute Gasteiger partial charge is 0.0110 e. The average Bonchev–Trinajstić information content (AvgIpc) is 2.40. The molecular weight excluding hydrogens is 317 g/mol. The molecule has 1 aliphatic heterocycles. The maximum Gasteiger partial charge on any atom is 0.0110 e. The Bertz CT molecular complexity index is 317. The lowest BCUT2D eigenvalue weighted by Gasteiger charge is -2.34. The zero-order valence-electron chi connectivity index (χ0n) is 11.7. The van der Waals surface area contributed by atoms with Crippen molar-refractivity contribution in [3.63, 3.8) is 0 Å². The van der Waals surface area contributed by atoms with Crippen LogP contribution in [0, 0.1) is 0 Å². The molecule has 0 radical (unpaired) electrons. The van der Waals surface area contributed by atoms with E-state index in [2.05, 4.69) is 40.1 Å². The summed E-state index contributed by atoms with van der Waals surface area (Å²) >= 11 is 0. The Kier molecular flexibility index (Phi) is 14.1. The molecule has 0 aliphatic carbocycles. The number of hydrogen-bond acceptors (Lipinski definition) is 3. The lowest BCUT2D eigenvalue weighted by atomic mass is 10.1. The van der Waals surface area contributed by atoms with Gasteiger partial charge in [0.1, 0.15) is 0 Å². The monoisotopic (exact) mass is 341 g/mol. The van der Waals surface area contributed by atoms with Crippen LogP contribution in [0.5, 0.6) is 0 Å². The predicted octanol–water partition coefficient (Wildman–Crippen LogP) is 2.07. The van der Waals surface area contributed by atoms with Crippen LogP contribution in [0.2, 0.25) is 0 Å². The summed E-state index contributed by atoms with van der Waals surface area (Å²) in [6, 6.07) is 10.7. The fraction of sp³-hybridized carbons (Fsp3) is 0.571. The van der Waals surface area contributed by atoms with Gasteiger partial charge < -0.3 is 10.6 Å². The molecule has 1 heterocycles. The quantitative estimate of drug-likeness (QED) is 0.889. The van der Waals surface area contributed by atoms with Gasteiger partial charge in [-0.2, -0.15) is 0 Å². The third kappa shape index (κ3) is 7.67. The summed E-state index contributed by atoms with van der Waals surface area (Å²) in [6.07, 6.45) is 1.16. The zero-order valence-corrected chi connectivity index (χ0v) is 14.2. The molecule has 0 saturated carbocycles. The van der Waals surface area contributed by atoms with Gasteiger partial charge in [0.2, 0.25) is 0 Å². The Morgan fingerprint density at radius 1 is 0.800 bits per heavy atom. The second-order valence-corrected chi connectivity index (χ2v) is 4.71. The molecule has 2 rings (SSSR count). The van der Waals surface area contributed by atoms with Crippen LogP contribution in [0.1, 0.15) is 5.56 Å². The summed E-state index contributed by atoms with van der Waals surface area (Å²) in [5.74, 6) is 0. The van der Waals surface area contributed by atoms with Gasteiger partial charge in [0.15, 0.2) is 0 Å².